The Morgan fingerprint density at radius 3 is 0.902 bits per heavy atom. The number of phenolic OH excluding ortho intramolecular Hbond substituents is 2. The van der Waals surface area contributed by atoms with Gasteiger partial charge in [0.05, 0.1) is 54.4 Å². The monoisotopic (exact) mass is 1400 g/mol. The summed E-state index contributed by atoms with van der Waals surface area (Å²) in [5.74, 6) is 1.32. The fourth-order valence-corrected chi connectivity index (χ4v) is 14.7. The second kappa shape index (κ2) is 25.0. The molecule has 0 amide bonds. The number of hydrogen-bond donors (Lipinski definition) is 2. The van der Waals surface area contributed by atoms with Crippen LogP contribution in [0, 0.1) is 0 Å². The summed E-state index contributed by atoms with van der Waals surface area (Å²) in [4.78, 5) is 21.0. The van der Waals surface area contributed by atoms with Crippen molar-refractivity contribution in [3.05, 3.63) is 190 Å². The van der Waals surface area contributed by atoms with Crippen molar-refractivity contribution in [3.63, 3.8) is 0 Å². The molecule has 534 valence electrons. The largest absolute Gasteiger partial charge is 0.507 e. The highest BCUT2D eigenvalue weighted by Crippen LogP contribution is 2.49. The summed E-state index contributed by atoms with van der Waals surface area (Å²) in [6.45, 7) is 52.2. The van der Waals surface area contributed by atoms with Crippen molar-refractivity contribution in [3.8, 4) is 90.4 Å². The quantitative estimate of drug-likeness (QED) is 0.134. The molecule has 0 fully saturated rings. The molecule has 0 saturated heterocycles. The first-order valence-corrected chi connectivity index (χ1v) is 39.1. The van der Waals surface area contributed by atoms with E-state index in [0.717, 1.165) is 66.9 Å². The third-order valence-electron chi connectivity index (χ3n) is 19.8. The number of sulfone groups is 2. The van der Waals surface area contributed by atoms with Crippen molar-refractivity contribution in [2.75, 3.05) is 12.5 Å². The molecule has 0 aliphatic carbocycles. The van der Waals surface area contributed by atoms with E-state index < -0.39 is 30.5 Å². The number of hydrogen-bond acceptors (Lipinski definition) is 10. The first kappa shape index (κ1) is 74.5. The number of phenols is 2. The maximum Gasteiger partial charge on any atom is 0.175 e. The molecule has 0 radical (unpaired) electrons. The van der Waals surface area contributed by atoms with E-state index in [0.29, 0.717) is 78.6 Å². The minimum absolute atomic E-state index is 0.0472. The Morgan fingerprint density at radius 2 is 0.618 bits per heavy atom. The molecule has 0 unspecified atom stereocenters. The topological polar surface area (TPSA) is 170 Å². The highest BCUT2D eigenvalue weighted by molar-refractivity contribution is 7.91. The fraction of sp³-hybridized carbons (Fsp3) is 0.386. The second-order valence-corrected chi connectivity index (χ2v) is 40.6. The molecule has 0 bridgehead atoms. The lowest BCUT2D eigenvalue weighted by atomic mass is 9.78. The van der Waals surface area contributed by atoms with Crippen LogP contribution in [0.25, 0.3) is 101 Å². The fourth-order valence-electron chi connectivity index (χ4n) is 13.3. The molecule has 11 rings (SSSR count). The van der Waals surface area contributed by atoms with Crippen LogP contribution in [0.15, 0.2) is 156 Å². The van der Waals surface area contributed by atoms with Gasteiger partial charge in [-0.25, -0.2) is 36.8 Å². The minimum atomic E-state index is -3.89. The molecule has 14 heteroatoms. The van der Waals surface area contributed by atoms with E-state index in [-0.39, 0.29) is 53.8 Å². The smallest absolute Gasteiger partial charge is 0.175 e. The van der Waals surface area contributed by atoms with Crippen molar-refractivity contribution in [1.29, 1.82) is 0 Å². The van der Waals surface area contributed by atoms with Crippen molar-refractivity contribution < 1.29 is 27.0 Å². The van der Waals surface area contributed by atoms with Crippen molar-refractivity contribution in [1.82, 2.24) is 29.1 Å². The predicted molar refractivity (Wildman–Crippen MR) is 423 cm³/mol. The molecular formula is C88H104N6O6S2. The number of rotatable bonds is 10. The molecule has 3 aromatic heterocycles. The van der Waals surface area contributed by atoms with E-state index in [1.165, 1.54) is 18.8 Å². The molecular weight excluding hydrogens is 1300 g/mol. The van der Waals surface area contributed by atoms with Crippen LogP contribution < -0.4 is 0 Å². The number of aromatic nitrogens is 6. The van der Waals surface area contributed by atoms with Gasteiger partial charge in [-0.15, -0.1) is 0 Å². The Balaban J connectivity index is 1.14. The number of aromatic hydroxyl groups is 2. The summed E-state index contributed by atoms with van der Waals surface area (Å²) in [5, 5.41) is 25.4. The van der Waals surface area contributed by atoms with Gasteiger partial charge in [0.2, 0.25) is 0 Å². The van der Waals surface area contributed by atoms with E-state index in [1.807, 2.05) is 48.5 Å². The van der Waals surface area contributed by atoms with Gasteiger partial charge in [-0.05, 0) is 179 Å². The van der Waals surface area contributed by atoms with Gasteiger partial charge < -0.3 is 10.2 Å². The molecule has 0 spiro atoms. The zero-order valence-electron chi connectivity index (χ0n) is 64.9. The van der Waals surface area contributed by atoms with Gasteiger partial charge in [-0.3, -0.25) is 9.13 Å². The van der Waals surface area contributed by atoms with Crippen LogP contribution in [0.1, 0.15) is 211 Å². The molecule has 8 aromatic carbocycles. The first-order valence-electron chi connectivity index (χ1n) is 35.3. The van der Waals surface area contributed by atoms with Gasteiger partial charge >= 0.3 is 0 Å². The molecule has 102 heavy (non-hydrogen) atoms. The Hall–Kier alpha value is -8.72. The van der Waals surface area contributed by atoms with Gasteiger partial charge in [0.1, 0.15) is 29.5 Å². The van der Waals surface area contributed by atoms with E-state index in [2.05, 4.69) is 236 Å². The van der Waals surface area contributed by atoms with Crippen LogP contribution in [0.5, 0.6) is 11.5 Å². The maximum atomic E-state index is 14.1. The van der Waals surface area contributed by atoms with Crippen molar-refractivity contribution in [2.24, 2.45) is 0 Å². The summed E-state index contributed by atoms with van der Waals surface area (Å²) < 4.78 is 60.8. The van der Waals surface area contributed by atoms with Gasteiger partial charge in [-0.2, -0.15) is 0 Å². The zero-order valence-corrected chi connectivity index (χ0v) is 66.5. The normalized spacial score (nSPS) is 13.4. The lowest BCUT2D eigenvalue weighted by Crippen LogP contribution is -2.18. The molecule has 0 atom stereocenters. The lowest BCUT2D eigenvalue weighted by molar-refractivity contribution is 0.445. The second-order valence-electron chi connectivity index (χ2n) is 36.6. The van der Waals surface area contributed by atoms with Crippen LogP contribution in [0.2, 0.25) is 0 Å². The van der Waals surface area contributed by atoms with E-state index >= 15 is 0 Å². The number of benzene rings is 8. The van der Waals surface area contributed by atoms with Crippen LogP contribution >= 0.6 is 0 Å². The Bertz CT molecular complexity index is 5040. The van der Waals surface area contributed by atoms with E-state index in [1.54, 1.807) is 30.3 Å². The Kier molecular flexibility index (Phi) is 18.3. The molecule has 0 aliphatic rings. The number of imidazole rings is 2. The number of fused-ring (bicyclic) bond motifs is 2. The third-order valence-corrected chi connectivity index (χ3v) is 22.0. The highest BCUT2D eigenvalue weighted by Gasteiger charge is 2.34. The number of nitrogens with zero attached hydrogens (tertiary/aromatic N) is 6. The molecule has 0 saturated carbocycles. The zero-order chi connectivity index (χ0) is 75.3. The molecule has 2 N–H and O–H groups in total. The molecule has 12 nitrogen and oxygen atoms in total. The lowest BCUT2D eigenvalue weighted by Gasteiger charge is -2.28. The average Bonchev–Trinajstić information content (AvgIpc) is 1.58. The van der Waals surface area contributed by atoms with Crippen LogP contribution in [0.4, 0.5) is 0 Å². The Morgan fingerprint density at radius 1 is 0.324 bits per heavy atom. The SMILES string of the molecule is CC(C)(C)c1cc(-n2c(-c3cc(C(C)(C)C)cc(C(C)(C)C)c3O)nc3c(-c4cc(-c5cc(-c6cc(-c7cccc8c7nc(-c7cc(C(C)(C)C)cc(C(C)(C)C)c7O)n8-c7cc(C(C)(C)C)cc(C(C)(C)C)c7)cc(S(C)(=O)=O)c6)ncn5)cc(S(C)(=O)=O)c4)cccc32)cc(C(C)(C)C)c1. The molecule has 11 aromatic rings. The summed E-state index contributed by atoms with van der Waals surface area (Å²) in [7, 11) is -7.78. The van der Waals surface area contributed by atoms with Gasteiger partial charge in [-0.1, -0.05) is 215 Å². The minimum Gasteiger partial charge on any atom is -0.507 e. The van der Waals surface area contributed by atoms with Crippen molar-refractivity contribution >= 4 is 41.7 Å². The van der Waals surface area contributed by atoms with Crippen molar-refractivity contribution in [2.45, 2.75) is 219 Å². The van der Waals surface area contributed by atoms with Gasteiger partial charge in [0, 0.05) is 57.3 Å². The van der Waals surface area contributed by atoms with Gasteiger partial charge in [0.15, 0.2) is 19.7 Å². The van der Waals surface area contributed by atoms with Crippen LogP contribution in [0.3, 0.4) is 0 Å². The van der Waals surface area contributed by atoms with Crippen LogP contribution in [-0.4, -0.2) is 68.6 Å². The number of para-hydroxylation sites is 2. The molecule has 3 heterocycles. The summed E-state index contributed by atoms with van der Waals surface area (Å²) in [6, 6.07) is 45.8. The third kappa shape index (κ3) is 14.7. The van der Waals surface area contributed by atoms with E-state index in [9.17, 15) is 27.0 Å². The Labute approximate surface area is 606 Å². The standard InChI is InChI=1S/C88H104N6O6S2/c1-81(2,3)55-39-56(82(4,5)6)42-61(41-55)93-73-31-27-29-65(75(73)91-79(93)67-45-59(85(13,14)15)47-69(77(67)95)87(19,20)21)51-33-53(37-63(35-51)101(25,97)98)71-49-72(90-50-89-71)54-34-52(36-64(38-54)102(26,99)100)66-30-28-32-74-76(66)92-80(68-46-60(86(16,17)18)48-70(78(68)96)88(22,23)24)94(74)62-43-57(83(7,8)9)40-58(44-62)84(10,11)12/h27-50,95-96H,1-26H3. The van der Waals surface area contributed by atoms with E-state index in [4.69, 9.17) is 19.9 Å². The van der Waals surface area contributed by atoms with Crippen LogP contribution in [-0.2, 0) is 63.0 Å². The summed E-state index contributed by atoms with van der Waals surface area (Å²) in [6.07, 6.45) is 3.79. The van der Waals surface area contributed by atoms with Gasteiger partial charge in [0.25, 0.3) is 0 Å². The summed E-state index contributed by atoms with van der Waals surface area (Å²) in [5.41, 5.74) is 15.4. The average molecular weight is 1410 g/mol. The first-order chi connectivity index (χ1) is 46.7. The maximum absolute atomic E-state index is 14.1. The highest BCUT2D eigenvalue weighted by atomic mass is 32.2. The molecule has 0 aliphatic heterocycles. The predicted octanol–water partition coefficient (Wildman–Crippen LogP) is 21.8. The summed E-state index contributed by atoms with van der Waals surface area (Å²) >= 11 is 0.